The molecule has 2 N–H and O–H groups in total. The Morgan fingerprint density at radius 1 is 1.18 bits per heavy atom. The van der Waals surface area contributed by atoms with Crippen LogP contribution >= 0.6 is 11.6 Å². The number of rotatable bonds is 5. The van der Waals surface area contributed by atoms with Gasteiger partial charge in [-0.25, -0.2) is 13.1 Å². The van der Waals surface area contributed by atoms with E-state index < -0.39 is 10.0 Å². The van der Waals surface area contributed by atoms with Crippen LogP contribution < -0.4 is 4.72 Å². The monoisotopic (exact) mass is 336 g/mol. The molecule has 5 nitrogen and oxygen atoms in total. The molecule has 0 unspecified atom stereocenters. The molecule has 2 rings (SSSR count). The molecule has 114 valence electrons. The van der Waals surface area contributed by atoms with Crippen molar-refractivity contribution in [2.45, 2.75) is 18.0 Å². The minimum absolute atomic E-state index is 0.00480. The Labute approximate surface area is 133 Å². The number of aliphatic hydroxyl groups excluding tert-OH is 1. The largest absolute Gasteiger partial charge is 0.392 e. The highest BCUT2D eigenvalue weighted by Crippen LogP contribution is 2.20. The van der Waals surface area contributed by atoms with Gasteiger partial charge in [0.1, 0.15) is 6.07 Å². The summed E-state index contributed by atoms with van der Waals surface area (Å²) in [5.74, 6) is 0. The van der Waals surface area contributed by atoms with Crippen molar-refractivity contribution >= 4 is 21.6 Å². The second-order valence-corrected chi connectivity index (χ2v) is 6.73. The molecule has 0 saturated heterocycles. The van der Waals surface area contributed by atoms with Crippen molar-refractivity contribution < 1.29 is 13.5 Å². The van der Waals surface area contributed by atoms with Crippen LogP contribution in [0.1, 0.15) is 16.7 Å². The molecular formula is C15H13ClN2O3S. The predicted molar refractivity (Wildman–Crippen MR) is 82.6 cm³/mol. The Balaban J connectivity index is 2.17. The average molecular weight is 337 g/mol. The van der Waals surface area contributed by atoms with Crippen molar-refractivity contribution in [2.75, 3.05) is 0 Å². The van der Waals surface area contributed by atoms with Crippen LogP contribution in [0.5, 0.6) is 0 Å². The molecule has 0 spiro atoms. The highest BCUT2D eigenvalue weighted by Gasteiger charge is 2.15. The van der Waals surface area contributed by atoms with E-state index >= 15 is 0 Å². The van der Waals surface area contributed by atoms with Crippen molar-refractivity contribution in [2.24, 2.45) is 0 Å². The molecule has 0 radical (unpaired) electrons. The van der Waals surface area contributed by atoms with Gasteiger partial charge in [-0.15, -0.1) is 0 Å². The van der Waals surface area contributed by atoms with Gasteiger partial charge in [0.2, 0.25) is 10.0 Å². The molecule has 0 atom stereocenters. The van der Waals surface area contributed by atoms with E-state index in [1.807, 2.05) is 6.07 Å². The van der Waals surface area contributed by atoms with Gasteiger partial charge in [0.25, 0.3) is 0 Å². The summed E-state index contributed by atoms with van der Waals surface area (Å²) in [6.07, 6.45) is 0. The number of hydrogen-bond acceptors (Lipinski definition) is 4. The van der Waals surface area contributed by atoms with E-state index in [9.17, 15) is 8.42 Å². The van der Waals surface area contributed by atoms with Gasteiger partial charge in [-0.1, -0.05) is 35.9 Å². The number of halogens is 1. The van der Waals surface area contributed by atoms with Crippen LogP contribution in [-0.4, -0.2) is 13.5 Å². The predicted octanol–water partition coefficient (Wildman–Crippen LogP) is 2.18. The number of hydrogen-bond donors (Lipinski definition) is 2. The van der Waals surface area contributed by atoms with E-state index in [4.69, 9.17) is 22.0 Å². The summed E-state index contributed by atoms with van der Waals surface area (Å²) in [5.41, 5.74) is 1.66. The fourth-order valence-electron chi connectivity index (χ4n) is 1.85. The summed E-state index contributed by atoms with van der Waals surface area (Å²) in [7, 11) is -3.73. The summed E-state index contributed by atoms with van der Waals surface area (Å²) in [4.78, 5) is -0.00480. The molecule has 2 aromatic carbocycles. The van der Waals surface area contributed by atoms with Crippen molar-refractivity contribution in [3.05, 3.63) is 64.2 Å². The van der Waals surface area contributed by atoms with Crippen molar-refractivity contribution in [1.82, 2.24) is 4.72 Å². The van der Waals surface area contributed by atoms with Gasteiger partial charge in [-0.05, 0) is 29.3 Å². The lowest BCUT2D eigenvalue weighted by atomic mass is 10.1. The maximum atomic E-state index is 12.2. The molecule has 0 aromatic heterocycles. The second-order valence-electron chi connectivity index (χ2n) is 4.56. The molecule has 0 aliphatic heterocycles. The Morgan fingerprint density at radius 2 is 1.91 bits per heavy atom. The van der Waals surface area contributed by atoms with Crippen molar-refractivity contribution in [3.8, 4) is 6.07 Å². The third-order valence-corrected chi connectivity index (χ3v) is 4.72. The fraction of sp³-hybridized carbons (Fsp3) is 0.133. The smallest absolute Gasteiger partial charge is 0.240 e. The SMILES string of the molecule is N#Cc1ccc(S(=O)(=O)NCc2cccc(CO)c2)cc1Cl. The van der Waals surface area contributed by atoms with E-state index in [2.05, 4.69) is 4.72 Å². The number of sulfonamides is 1. The molecule has 0 heterocycles. The van der Waals surface area contributed by atoms with Crippen LogP contribution in [0.2, 0.25) is 5.02 Å². The number of nitrogens with zero attached hydrogens (tertiary/aromatic N) is 1. The fourth-order valence-corrected chi connectivity index (χ4v) is 3.18. The standard InChI is InChI=1S/C15H13ClN2O3S/c16-15-7-14(5-4-13(15)8-17)22(20,21)18-9-11-2-1-3-12(6-11)10-19/h1-7,18-19H,9-10H2. The molecule has 0 amide bonds. The molecule has 0 aliphatic carbocycles. The maximum absolute atomic E-state index is 12.2. The van der Waals surface area contributed by atoms with Gasteiger partial charge in [-0.2, -0.15) is 5.26 Å². The first-order valence-corrected chi connectivity index (χ1v) is 8.20. The third kappa shape index (κ3) is 3.84. The van der Waals surface area contributed by atoms with Crippen LogP contribution in [0, 0.1) is 11.3 Å². The quantitative estimate of drug-likeness (QED) is 0.875. The molecule has 2 aromatic rings. The second kappa shape index (κ2) is 6.90. The van der Waals surface area contributed by atoms with E-state index in [0.29, 0.717) is 5.56 Å². The minimum Gasteiger partial charge on any atom is -0.392 e. The zero-order valence-corrected chi connectivity index (χ0v) is 13.0. The van der Waals surface area contributed by atoms with Gasteiger partial charge in [-0.3, -0.25) is 0 Å². The van der Waals surface area contributed by atoms with Crippen LogP contribution in [0.25, 0.3) is 0 Å². The number of nitrogens with one attached hydrogen (secondary N) is 1. The summed E-state index contributed by atoms with van der Waals surface area (Å²) in [5, 5.41) is 18.0. The van der Waals surface area contributed by atoms with Gasteiger partial charge in [0.15, 0.2) is 0 Å². The van der Waals surface area contributed by atoms with E-state index in [-0.39, 0.29) is 28.6 Å². The summed E-state index contributed by atoms with van der Waals surface area (Å²) < 4.78 is 26.9. The first-order valence-electron chi connectivity index (χ1n) is 6.34. The van der Waals surface area contributed by atoms with Gasteiger partial charge < -0.3 is 5.11 Å². The summed E-state index contributed by atoms with van der Waals surface area (Å²) in [6, 6.07) is 12.8. The van der Waals surface area contributed by atoms with Crippen LogP contribution in [0.15, 0.2) is 47.4 Å². The van der Waals surface area contributed by atoms with Gasteiger partial charge in [0.05, 0.1) is 22.1 Å². The highest BCUT2D eigenvalue weighted by molar-refractivity contribution is 7.89. The summed E-state index contributed by atoms with van der Waals surface area (Å²) >= 11 is 5.85. The lowest BCUT2D eigenvalue weighted by Gasteiger charge is -2.08. The van der Waals surface area contributed by atoms with E-state index in [1.54, 1.807) is 24.3 Å². The zero-order chi connectivity index (χ0) is 16.2. The zero-order valence-electron chi connectivity index (χ0n) is 11.5. The molecule has 7 heteroatoms. The number of nitriles is 1. The Hall–Kier alpha value is -1.91. The molecular weight excluding hydrogens is 324 g/mol. The first kappa shape index (κ1) is 16.5. The van der Waals surface area contributed by atoms with Gasteiger partial charge >= 0.3 is 0 Å². The Morgan fingerprint density at radius 3 is 2.55 bits per heavy atom. The Bertz CT molecular complexity index is 829. The molecule has 0 aliphatic rings. The highest BCUT2D eigenvalue weighted by atomic mass is 35.5. The molecule has 0 fully saturated rings. The Kier molecular flexibility index (Phi) is 5.16. The third-order valence-electron chi connectivity index (χ3n) is 3.01. The van der Waals surface area contributed by atoms with E-state index in [0.717, 1.165) is 5.56 Å². The molecule has 0 saturated carbocycles. The van der Waals surface area contributed by atoms with Crippen molar-refractivity contribution in [1.29, 1.82) is 5.26 Å². The first-order chi connectivity index (χ1) is 10.5. The maximum Gasteiger partial charge on any atom is 0.240 e. The van der Waals surface area contributed by atoms with E-state index in [1.165, 1.54) is 18.2 Å². The molecule has 0 bridgehead atoms. The van der Waals surface area contributed by atoms with Crippen LogP contribution in [-0.2, 0) is 23.2 Å². The lowest BCUT2D eigenvalue weighted by Crippen LogP contribution is -2.23. The normalized spacial score (nSPS) is 11.1. The number of aliphatic hydroxyl groups is 1. The molecule has 22 heavy (non-hydrogen) atoms. The van der Waals surface area contributed by atoms with Gasteiger partial charge in [0, 0.05) is 6.54 Å². The number of benzene rings is 2. The minimum atomic E-state index is -3.73. The lowest BCUT2D eigenvalue weighted by molar-refractivity contribution is 0.281. The summed E-state index contributed by atoms with van der Waals surface area (Å²) in [6.45, 7) is -0.0143. The van der Waals surface area contributed by atoms with Crippen LogP contribution in [0.3, 0.4) is 0 Å². The average Bonchev–Trinajstić information content (AvgIpc) is 2.53. The van der Waals surface area contributed by atoms with Crippen LogP contribution in [0.4, 0.5) is 0 Å². The van der Waals surface area contributed by atoms with Crippen molar-refractivity contribution in [3.63, 3.8) is 0 Å². The topological polar surface area (TPSA) is 90.2 Å².